The molecule has 2 heterocycles. The normalized spacial score (nSPS) is 13.2. The number of anilines is 2. The number of halogens is 2. The first kappa shape index (κ1) is 15.7. The molecule has 4 rings (SSSR count). The van der Waals surface area contributed by atoms with Crippen molar-refractivity contribution in [1.82, 2.24) is 4.98 Å². The maximum Gasteiger partial charge on any atom is 0.167 e. The molecule has 0 amide bonds. The minimum Gasteiger partial charge on any atom is -0.505 e. The monoisotopic (exact) mass is 358 g/mol. The van der Waals surface area contributed by atoms with E-state index in [2.05, 4.69) is 10.3 Å². The van der Waals surface area contributed by atoms with Crippen LogP contribution in [0.5, 0.6) is 5.75 Å². The van der Waals surface area contributed by atoms with Crippen LogP contribution >= 0.6 is 12.0 Å². The second-order valence-corrected chi connectivity index (χ2v) is 6.41. The summed E-state index contributed by atoms with van der Waals surface area (Å²) < 4.78 is 32.5. The van der Waals surface area contributed by atoms with Crippen molar-refractivity contribution in [3.05, 3.63) is 60.0 Å². The van der Waals surface area contributed by atoms with Gasteiger partial charge in [-0.3, -0.25) is 4.98 Å². The van der Waals surface area contributed by atoms with Crippen LogP contribution in [0.1, 0.15) is 12.5 Å². The molecule has 4 nitrogen and oxygen atoms in total. The number of benzene rings is 2. The maximum absolute atomic E-state index is 14.0. The van der Waals surface area contributed by atoms with E-state index in [1.807, 2.05) is 19.1 Å². The lowest BCUT2D eigenvalue weighted by atomic mass is 10.0. The highest BCUT2D eigenvalue weighted by atomic mass is 32.2. The van der Waals surface area contributed by atoms with Gasteiger partial charge in [-0.1, -0.05) is 0 Å². The van der Waals surface area contributed by atoms with E-state index in [0.29, 0.717) is 11.8 Å². The molecule has 0 saturated heterocycles. The molecule has 1 aromatic heterocycles. The van der Waals surface area contributed by atoms with Crippen LogP contribution in [-0.4, -0.2) is 10.1 Å². The number of hydrogen-bond acceptors (Lipinski definition) is 5. The average molecular weight is 358 g/mol. The van der Waals surface area contributed by atoms with Crippen LogP contribution in [0.3, 0.4) is 0 Å². The summed E-state index contributed by atoms with van der Waals surface area (Å²) >= 11 is 1.23. The molecule has 0 fully saturated rings. The van der Waals surface area contributed by atoms with Crippen molar-refractivity contribution in [2.24, 2.45) is 0 Å². The van der Waals surface area contributed by atoms with E-state index in [-0.39, 0.29) is 5.69 Å². The van der Waals surface area contributed by atoms with Crippen LogP contribution in [0, 0.1) is 11.6 Å². The van der Waals surface area contributed by atoms with E-state index >= 15 is 0 Å². The van der Waals surface area contributed by atoms with E-state index in [1.165, 1.54) is 12.0 Å². The molecular formula is C18H12F2N2O2S. The molecule has 3 aromatic rings. The van der Waals surface area contributed by atoms with E-state index in [0.717, 1.165) is 33.0 Å². The fraction of sp³-hybridized carbons (Fsp3) is 0.0556. The smallest absolute Gasteiger partial charge is 0.167 e. The summed E-state index contributed by atoms with van der Waals surface area (Å²) in [5, 5.41) is 13.1. The van der Waals surface area contributed by atoms with Crippen molar-refractivity contribution in [1.29, 1.82) is 0 Å². The van der Waals surface area contributed by atoms with Gasteiger partial charge in [0, 0.05) is 29.4 Å². The number of phenolic OH excluding ortho intramolecular Hbond substituents is 1. The SMILES string of the molecule is CC1=COSc2cc3c(Nc4cc(O)c(F)cc4F)ccnc3cc21. The fourth-order valence-electron chi connectivity index (χ4n) is 2.65. The molecule has 2 aromatic carbocycles. The lowest BCUT2D eigenvalue weighted by Crippen LogP contribution is -1.98. The molecular weight excluding hydrogens is 346 g/mol. The average Bonchev–Trinajstić information content (AvgIpc) is 2.59. The Hall–Kier alpha value is -2.80. The van der Waals surface area contributed by atoms with Crippen molar-refractivity contribution in [2.75, 3.05) is 5.32 Å². The first-order chi connectivity index (χ1) is 12.0. The number of fused-ring (bicyclic) bond motifs is 2. The van der Waals surface area contributed by atoms with E-state index < -0.39 is 17.4 Å². The molecule has 0 atom stereocenters. The number of nitrogens with one attached hydrogen (secondary N) is 1. The van der Waals surface area contributed by atoms with Crippen molar-refractivity contribution in [3.63, 3.8) is 0 Å². The predicted molar refractivity (Wildman–Crippen MR) is 93.6 cm³/mol. The zero-order chi connectivity index (χ0) is 17.6. The quantitative estimate of drug-likeness (QED) is 0.604. The largest absolute Gasteiger partial charge is 0.505 e. The summed E-state index contributed by atoms with van der Waals surface area (Å²) in [7, 11) is 0. The van der Waals surface area contributed by atoms with Crippen LogP contribution in [0.2, 0.25) is 0 Å². The summed E-state index contributed by atoms with van der Waals surface area (Å²) in [5.41, 5.74) is 3.31. The molecule has 0 bridgehead atoms. The van der Waals surface area contributed by atoms with Crippen molar-refractivity contribution < 1.29 is 18.1 Å². The van der Waals surface area contributed by atoms with Crippen LogP contribution in [0.15, 0.2) is 47.7 Å². The number of aromatic hydroxyl groups is 1. The fourth-order valence-corrected chi connectivity index (χ4v) is 3.42. The molecule has 0 spiro atoms. The van der Waals surface area contributed by atoms with Gasteiger partial charge in [-0.2, -0.15) is 0 Å². The van der Waals surface area contributed by atoms with E-state index in [9.17, 15) is 13.9 Å². The first-order valence-corrected chi connectivity index (χ1v) is 8.15. The standard InChI is InChI=1S/C18H12F2N2O2S/c1-9-8-24-25-18-5-11-14(2-3-21-15(11)4-10(9)18)22-16-7-17(23)13(20)6-12(16)19/h2-8,23H,1H3,(H,21,22). The number of nitrogens with zero attached hydrogens (tertiary/aromatic N) is 1. The minimum absolute atomic E-state index is 0.0240. The van der Waals surface area contributed by atoms with Crippen LogP contribution in [0.25, 0.3) is 16.5 Å². The van der Waals surface area contributed by atoms with Gasteiger partial charge >= 0.3 is 0 Å². The number of allylic oxidation sites excluding steroid dienone is 1. The van der Waals surface area contributed by atoms with Gasteiger partial charge in [0.05, 0.1) is 28.1 Å². The van der Waals surface area contributed by atoms with Gasteiger partial charge in [-0.05, 0) is 36.3 Å². The van der Waals surface area contributed by atoms with Gasteiger partial charge in [-0.15, -0.1) is 0 Å². The Bertz CT molecular complexity index is 1040. The molecule has 0 radical (unpaired) electrons. The lowest BCUT2D eigenvalue weighted by molar-refractivity contribution is 0.428. The molecule has 126 valence electrons. The van der Waals surface area contributed by atoms with Crippen LogP contribution in [-0.2, 0) is 4.18 Å². The number of pyridine rings is 1. The Kier molecular flexibility index (Phi) is 3.73. The Morgan fingerprint density at radius 2 is 1.96 bits per heavy atom. The predicted octanol–water partition coefficient (Wildman–Crippen LogP) is 5.36. The zero-order valence-corrected chi connectivity index (χ0v) is 13.8. The maximum atomic E-state index is 14.0. The Morgan fingerprint density at radius 3 is 2.80 bits per heavy atom. The Morgan fingerprint density at radius 1 is 1.12 bits per heavy atom. The molecule has 25 heavy (non-hydrogen) atoms. The van der Waals surface area contributed by atoms with Gasteiger partial charge in [0.2, 0.25) is 0 Å². The third-order valence-electron chi connectivity index (χ3n) is 3.94. The third kappa shape index (κ3) is 2.76. The second-order valence-electron chi connectivity index (χ2n) is 5.61. The van der Waals surface area contributed by atoms with Crippen molar-refractivity contribution >= 4 is 39.9 Å². The number of phenols is 1. The van der Waals surface area contributed by atoms with Crippen LogP contribution in [0.4, 0.5) is 20.2 Å². The number of aromatic nitrogens is 1. The van der Waals surface area contributed by atoms with Gasteiger partial charge in [0.1, 0.15) is 12.1 Å². The summed E-state index contributed by atoms with van der Waals surface area (Å²) in [6.45, 7) is 1.95. The Labute approximate surface area is 146 Å². The molecule has 0 aliphatic carbocycles. The van der Waals surface area contributed by atoms with Crippen LogP contribution < -0.4 is 5.32 Å². The van der Waals surface area contributed by atoms with Crippen molar-refractivity contribution in [3.8, 4) is 5.75 Å². The summed E-state index contributed by atoms with van der Waals surface area (Å²) in [6, 6.07) is 7.19. The van der Waals surface area contributed by atoms with Crippen molar-refractivity contribution in [2.45, 2.75) is 11.8 Å². The minimum atomic E-state index is -1.01. The highest BCUT2D eigenvalue weighted by Crippen LogP contribution is 2.39. The van der Waals surface area contributed by atoms with E-state index in [1.54, 1.807) is 18.5 Å². The molecule has 0 saturated carbocycles. The molecule has 2 N–H and O–H groups in total. The summed E-state index contributed by atoms with van der Waals surface area (Å²) in [4.78, 5) is 5.28. The highest BCUT2D eigenvalue weighted by Gasteiger charge is 2.16. The molecule has 0 unspecified atom stereocenters. The van der Waals surface area contributed by atoms with Gasteiger partial charge < -0.3 is 14.6 Å². The zero-order valence-electron chi connectivity index (χ0n) is 13.0. The highest BCUT2D eigenvalue weighted by molar-refractivity contribution is 7.94. The lowest BCUT2D eigenvalue weighted by Gasteiger charge is -2.17. The number of rotatable bonds is 2. The van der Waals surface area contributed by atoms with Gasteiger partial charge in [0.15, 0.2) is 11.6 Å². The van der Waals surface area contributed by atoms with E-state index in [4.69, 9.17) is 4.18 Å². The molecule has 1 aliphatic rings. The Balaban J connectivity index is 1.83. The summed E-state index contributed by atoms with van der Waals surface area (Å²) in [6.07, 6.45) is 3.28. The second kappa shape index (κ2) is 5.93. The van der Waals surface area contributed by atoms with Gasteiger partial charge in [0.25, 0.3) is 0 Å². The first-order valence-electron chi connectivity index (χ1n) is 7.41. The third-order valence-corrected chi connectivity index (χ3v) is 4.65. The topological polar surface area (TPSA) is 54.4 Å². The molecule has 1 aliphatic heterocycles. The van der Waals surface area contributed by atoms with Gasteiger partial charge in [-0.25, -0.2) is 8.78 Å². The molecule has 7 heteroatoms. The number of hydrogen-bond donors (Lipinski definition) is 2. The summed E-state index contributed by atoms with van der Waals surface area (Å²) in [5.74, 6) is -2.42.